The molecule has 0 radical (unpaired) electrons. The summed E-state index contributed by atoms with van der Waals surface area (Å²) in [6.45, 7) is 0. The third-order valence-corrected chi connectivity index (χ3v) is 5.89. The van der Waals surface area contributed by atoms with E-state index in [-0.39, 0.29) is 12.8 Å². The average Bonchev–Trinajstić information content (AvgIpc) is 2.93. The molecule has 0 atom stereocenters. The van der Waals surface area contributed by atoms with Crippen molar-refractivity contribution in [1.29, 1.82) is 0 Å². The van der Waals surface area contributed by atoms with Gasteiger partial charge < -0.3 is 31.5 Å². The predicted molar refractivity (Wildman–Crippen MR) is 157 cm³/mol. The van der Waals surface area contributed by atoms with Gasteiger partial charge in [0, 0.05) is 33.9 Å². The van der Waals surface area contributed by atoms with Gasteiger partial charge in [0.05, 0.1) is 12.8 Å². The molecule has 4 amide bonds. The molecule has 6 N–H and O–H groups in total. The zero-order valence-corrected chi connectivity index (χ0v) is 22.1. The van der Waals surface area contributed by atoms with Gasteiger partial charge in [-0.25, -0.2) is 4.79 Å². The summed E-state index contributed by atoms with van der Waals surface area (Å²) in [5, 5.41) is 28.6. The Morgan fingerprint density at radius 1 is 0.476 bits per heavy atom. The molecule has 42 heavy (non-hydrogen) atoms. The van der Waals surface area contributed by atoms with Crippen LogP contribution in [0.5, 0.6) is 0 Å². The number of carboxylic acid groups (broad SMARTS) is 2. The molecule has 0 bridgehead atoms. The molecule has 0 spiro atoms. The average molecular weight is 567 g/mol. The van der Waals surface area contributed by atoms with Crippen molar-refractivity contribution in [3.8, 4) is 0 Å². The molecule has 0 aliphatic heterocycles. The fourth-order valence-electron chi connectivity index (χ4n) is 3.98. The standard InChI is InChI=1S/C31H26N4O7/c36-27(37)17-19-3-1-5-25(15-19)32-29(40)21-7-11-23(12-8-21)34-31(42)35-24-13-9-22(10-14-24)30(41)33-26-6-2-4-20(16-26)18-28(38)39/h1-16H,17-18H2,(H,32,40)(H,33,41)(H,36,37)(H,38,39)(H2,34,35,42). The quantitative estimate of drug-likeness (QED) is 0.155. The maximum Gasteiger partial charge on any atom is 0.323 e. The number of benzene rings is 4. The van der Waals surface area contributed by atoms with E-state index in [4.69, 9.17) is 10.2 Å². The number of carbonyl (C=O) groups is 5. The Morgan fingerprint density at radius 2 is 0.857 bits per heavy atom. The van der Waals surface area contributed by atoms with Gasteiger partial charge in [-0.05, 0) is 83.9 Å². The first kappa shape index (κ1) is 29.0. The number of rotatable bonds is 10. The van der Waals surface area contributed by atoms with E-state index in [0.29, 0.717) is 45.0 Å². The van der Waals surface area contributed by atoms with Gasteiger partial charge in [-0.3, -0.25) is 19.2 Å². The lowest BCUT2D eigenvalue weighted by Gasteiger charge is -2.10. The number of urea groups is 1. The predicted octanol–water partition coefficient (Wildman–Crippen LogP) is 5.09. The van der Waals surface area contributed by atoms with Gasteiger partial charge in [-0.15, -0.1) is 0 Å². The van der Waals surface area contributed by atoms with E-state index in [1.54, 1.807) is 72.8 Å². The highest BCUT2D eigenvalue weighted by Crippen LogP contribution is 2.17. The van der Waals surface area contributed by atoms with Crippen LogP contribution >= 0.6 is 0 Å². The van der Waals surface area contributed by atoms with Gasteiger partial charge in [-0.1, -0.05) is 24.3 Å². The van der Waals surface area contributed by atoms with Crippen molar-refractivity contribution in [2.45, 2.75) is 12.8 Å². The van der Waals surface area contributed by atoms with Crippen LogP contribution in [0, 0.1) is 0 Å². The van der Waals surface area contributed by atoms with Gasteiger partial charge in [0.1, 0.15) is 0 Å². The highest BCUT2D eigenvalue weighted by Gasteiger charge is 2.11. The van der Waals surface area contributed by atoms with Crippen LogP contribution < -0.4 is 21.3 Å². The third-order valence-electron chi connectivity index (χ3n) is 5.89. The lowest BCUT2D eigenvalue weighted by molar-refractivity contribution is -0.137. The van der Waals surface area contributed by atoms with Crippen molar-refractivity contribution in [2.75, 3.05) is 21.3 Å². The van der Waals surface area contributed by atoms with Crippen LogP contribution in [0.3, 0.4) is 0 Å². The monoisotopic (exact) mass is 566 g/mol. The van der Waals surface area contributed by atoms with E-state index in [1.807, 2.05) is 0 Å². The van der Waals surface area contributed by atoms with Crippen LogP contribution in [-0.4, -0.2) is 40.0 Å². The maximum absolute atomic E-state index is 12.6. The molecule has 0 saturated heterocycles. The molecule has 4 aromatic rings. The summed E-state index contributed by atoms with van der Waals surface area (Å²) in [5.74, 6) is -2.72. The lowest BCUT2D eigenvalue weighted by Crippen LogP contribution is -2.20. The smallest absolute Gasteiger partial charge is 0.323 e. The Morgan fingerprint density at radius 3 is 1.21 bits per heavy atom. The van der Waals surface area contributed by atoms with E-state index in [9.17, 15) is 24.0 Å². The number of carbonyl (C=O) groups excluding carboxylic acids is 3. The Labute approximate surface area is 240 Å². The van der Waals surface area contributed by atoms with E-state index in [1.165, 1.54) is 24.3 Å². The molecule has 0 unspecified atom stereocenters. The summed E-state index contributed by atoms with van der Waals surface area (Å²) in [7, 11) is 0. The minimum absolute atomic E-state index is 0.155. The molecule has 0 aromatic heterocycles. The zero-order valence-electron chi connectivity index (χ0n) is 22.1. The molecule has 0 aliphatic carbocycles. The molecule has 0 aliphatic rings. The van der Waals surface area contributed by atoms with Crippen LogP contribution in [0.25, 0.3) is 0 Å². The number of hydrogen-bond acceptors (Lipinski definition) is 5. The van der Waals surface area contributed by atoms with Gasteiger partial charge in [0.2, 0.25) is 0 Å². The second-order valence-electron chi connectivity index (χ2n) is 9.18. The Bertz CT molecular complexity index is 1510. The third kappa shape index (κ3) is 8.52. The Hall–Kier alpha value is -5.97. The van der Waals surface area contributed by atoms with Gasteiger partial charge in [0.15, 0.2) is 0 Å². The second kappa shape index (κ2) is 13.4. The minimum Gasteiger partial charge on any atom is -0.481 e. The largest absolute Gasteiger partial charge is 0.481 e. The summed E-state index contributed by atoms with van der Waals surface area (Å²) >= 11 is 0. The first-order chi connectivity index (χ1) is 20.1. The highest BCUT2D eigenvalue weighted by atomic mass is 16.4. The summed E-state index contributed by atoms with van der Waals surface area (Å²) < 4.78 is 0. The highest BCUT2D eigenvalue weighted by molar-refractivity contribution is 6.06. The van der Waals surface area contributed by atoms with Crippen LogP contribution in [0.4, 0.5) is 27.5 Å². The molecule has 11 heteroatoms. The van der Waals surface area contributed by atoms with Crippen LogP contribution in [-0.2, 0) is 22.4 Å². The first-order valence-electron chi connectivity index (χ1n) is 12.7. The van der Waals surface area contributed by atoms with Crippen molar-refractivity contribution in [3.05, 3.63) is 119 Å². The van der Waals surface area contributed by atoms with Crippen molar-refractivity contribution >= 4 is 52.5 Å². The minimum atomic E-state index is -0.968. The molecular weight excluding hydrogens is 540 g/mol. The fourth-order valence-corrected chi connectivity index (χ4v) is 3.98. The number of nitrogens with one attached hydrogen (secondary N) is 4. The lowest BCUT2D eigenvalue weighted by atomic mass is 10.1. The molecule has 4 rings (SSSR count). The zero-order chi connectivity index (χ0) is 30.1. The van der Waals surface area contributed by atoms with Crippen LogP contribution in [0.1, 0.15) is 31.8 Å². The molecule has 11 nitrogen and oxygen atoms in total. The Balaban J connectivity index is 1.28. The van der Waals surface area contributed by atoms with E-state index < -0.39 is 29.8 Å². The van der Waals surface area contributed by atoms with E-state index in [0.717, 1.165) is 0 Å². The topological polar surface area (TPSA) is 174 Å². The molecule has 0 saturated carbocycles. The SMILES string of the molecule is O=C(O)Cc1cccc(NC(=O)c2ccc(NC(=O)Nc3ccc(C(=O)Nc4cccc(CC(=O)O)c4)cc3)cc2)c1. The fraction of sp³-hybridized carbons (Fsp3) is 0.0645. The van der Waals surface area contributed by atoms with Crippen molar-refractivity contribution in [2.24, 2.45) is 0 Å². The van der Waals surface area contributed by atoms with E-state index in [2.05, 4.69) is 21.3 Å². The number of amides is 4. The summed E-state index contributed by atoms with van der Waals surface area (Å²) in [5.41, 5.74) is 3.61. The van der Waals surface area contributed by atoms with Gasteiger partial charge in [0.25, 0.3) is 11.8 Å². The number of hydrogen-bond donors (Lipinski definition) is 6. The number of carboxylic acids is 2. The van der Waals surface area contributed by atoms with E-state index >= 15 is 0 Å². The second-order valence-corrected chi connectivity index (χ2v) is 9.18. The van der Waals surface area contributed by atoms with Gasteiger partial charge in [-0.2, -0.15) is 0 Å². The summed E-state index contributed by atoms with van der Waals surface area (Å²) in [6, 6.07) is 25.0. The van der Waals surface area contributed by atoms with Crippen LogP contribution in [0.2, 0.25) is 0 Å². The molecule has 0 heterocycles. The normalized spacial score (nSPS) is 10.3. The van der Waals surface area contributed by atoms with Gasteiger partial charge >= 0.3 is 18.0 Å². The first-order valence-corrected chi connectivity index (χ1v) is 12.7. The number of anilines is 4. The van der Waals surface area contributed by atoms with Crippen molar-refractivity contribution < 1.29 is 34.2 Å². The molecule has 212 valence electrons. The molecule has 4 aromatic carbocycles. The Kier molecular flexibility index (Phi) is 9.26. The summed E-state index contributed by atoms with van der Waals surface area (Å²) in [4.78, 5) is 59.4. The number of aliphatic carboxylic acids is 2. The van der Waals surface area contributed by atoms with Crippen molar-refractivity contribution in [3.63, 3.8) is 0 Å². The van der Waals surface area contributed by atoms with Crippen molar-refractivity contribution in [1.82, 2.24) is 0 Å². The van der Waals surface area contributed by atoms with Crippen LogP contribution in [0.15, 0.2) is 97.1 Å². The summed E-state index contributed by atoms with van der Waals surface area (Å²) in [6.07, 6.45) is -0.309. The maximum atomic E-state index is 12.6. The molecule has 0 fully saturated rings. The molecular formula is C31H26N4O7.